The first-order valence-electron chi connectivity index (χ1n) is 7.10. The largest absolute Gasteiger partial charge is 0.346 e. The number of carbonyl (C=O) groups excluding carboxylic acids is 1. The van der Waals surface area contributed by atoms with Crippen LogP contribution in [0.15, 0.2) is 47.6 Å². The van der Waals surface area contributed by atoms with Gasteiger partial charge in [0.25, 0.3) is 5.91 Å². The zero-order chi connectivity index (χ0) is 17.0. The molecule has 1 amide bonds. The highest BCUT2D eigenvalue weighted by Crippen LogP contribution is 2.17. The molecule has 0 saturated carbocycles. The van der Waals surface area contributed by atoms with Crippen LogP contribution in [0.3, 0.4) is 0 Å². The zero-order valence-corrected chi connectivity index (χ0v) is 14.0. The van der Waals surface area contributed by atoms with Crippen molar-refractivity contribution in [2.75, 3.05) is 7.05 Å². The van der Waals surface area contributed by atoms with E-state index in [0.717, 1.165) is 5.56 Å². The Bertz CT molecular complexity index is 805. The Hall–Kier alpha value is -2.25. The number of nitrogens with zero attached hydrogens (tertiary/aromatic N) is 1. The average Bonchev–Trinajstić information content (AvgIpc) is 2.55. The molecule has 1 aromatic carbocycles. The van der Waals surface area contributed by atoms with Gasteiger partial charge in [0.1, 0.15) is 0 Å². The molecule has 0 saturated heterocycles. The Labute approximate surface area is 136 Å². The summed E-state index contributed by atoms with van der Waals surface area (Å²) in [4.78, 5) is 16.5. The van der Waals surface area contributed by atoms with Crippen LogP contribution in [0, 0.1) is 6.92 Å². The molecule has 1 atom stereocenters. The van der Waals surface area contributed by atoms with E-state index in [1.54, 1.807) is 25.4 Å². The summed E-state index contributed by atoms with van der Waals surface area (Å²) in [6, 6.07) is 7.91. The van der Waals surface area contributed by atoms with Gasteiger partial charge in [0, 0.05) is 18.0 Å². The molecule has 2 N–H and O–H groups in total. The van der Waals surface area contributed by atoms with Crippen molar-refractivity contribution >= 4 is 15.9 Å². The summed E-state index contributed by atoms with van der Waals surface area (Å²) in [6.45, 7) is 3.62. The summed E-state index contributed by atoms with van der Waals surface area (Å²) in [7, 11) is -2.26. The number of aromatic nitrogens is 1. The van der Waals surface area contributed by atoms with Gasteiger partial charge in [-0.3, -0.25) is 9.78 Å². The summed E-state index contributed by atoms with van der Waals surface area (Å²) in [5, 5.41) is 2.87. The summed E-state index contributed by atoms with van der Waals surface area (Å²) < 4.78 is 26.0. The Balaban J connectivity index is 2.27. The molecule has 1 unspecified atom stereocenters. The van der Waals surface area contributed by atoms with E-state index < -0.39 is 10.0 Å². The van der Waals surface area contributed by atoms with E-state index in [0.29, 0.717) is 11.1 Å². The molecule has 0 bridgehead atoms. The number of pyridine rings is 1. The lowest BCUT2D eigenvalue weighted by Crippen LogP contribution is -2.28. The van der Waals surface area contributed by atoms with Gasteiger partial charge in [0.2, 0.25) is 10.0 Å². The third kappa shape index (κ3) is 3.94. The van der Waals surface area contributed by atoms with E-state index in [4.69, 9.17) is 0 Å². The summed E-state index contributed by atoms with van der Waals surface area (Å²) in [5.41, 5.74) is 1.96. The number of nitrogens with one attached hydrogen (secondary N) is 2. The molecule has 0 aliphatic carbocycles. The van der Waals surface area contributed by atoms with E-state index in [2.05, 4.69) is 15.0 Å². The first-order chi connectivity index (χ1) is 10.8. The highest BCUT2D eigenvalue weighted by atomic mass is 32.2. The standard InChI is InChI=1S/C16H19N3O3S/c1-11-4-5-14(23(21,22)17-3)10-15(11)16(20)19-12(2)13-6-8-18-9-7-13/h4-10,12,17H,1-3H3,(H,19,20). The maximum Gasteiger partial charge on any atom is 0.252 e. The SMILES string of the molecule is CNS(=O)(=O)c1ccc(C)c(C(=O)NC(C)c2ccncc2)c1. The van der Waals surface area contributed by atoms with Gasteiger partial charge in [0.05, 0.1) is 10.9 Å². The third-order valence-corrected chi connectivity index (χ3v) is 5.00. The van der Waals surface area contributed by atoms with Crippen molar-refractivity contribution in [1.82, 2.24) is 15.0 Å². The predicted octanol–water partition coefficient (Wildman–Crippen LogP) is 1.79. The Morgan fingerprint density at radius 2 is 1.83 bits per heavy atom. The molecule has 6 nitrogen and oxygen atoms in total. The van der Waals surface area contributed by atoms with Crippen LogP contribution in [0.25, 0.3) is 0 Å². The van der Waals surface area contributed by atoms with Gasteiger partial charge >= 0.3 is 0 Å². The van der Waals surface area contributed by atoms with Gasteiger partial charge in [-0.1, -0.05) is 6.07 Å². The van der Waals surface area contributed by atoms with Crippen LogP contribution in [0.1, 0.15) is 34.5 Å². The minimum Gasteiger partial charge on any atom is -0.346 e. The molecule has 0 radical (unpaired) electrons. The molecule has 0 aliphatic rings. The number of aryl methyl sites for hydroxylation is 1. The van der Waals surface area contributed by atoms with Crippen LogP contribution < -0.4 is 10.0 Å². The van der Waals surface area contributed by atoms with Crippen molar-refractivity contribution < 1.29 is 13.2 Å². The summed E-state index contributed by atoms with van der Waals surface area (Å²) in [6.07, 6.45) is 3.31. The fourth-order valence-corrected chi connectivity index (χ4v) is 2.90. The van der Waals surface area contributed by atoms with Crippen LogP contribution >= 0.6 is 0 Å². The van der Waals surface area contributed by atoms with Crippen molar-refractivity contribution in [1.29, 1.82) is 0 Å². The van der Waals surface area contributed by atoms with Gasteiger partial charge in [-0.05, 0) is 56.3 Å². The van der Waals surface area contributed by atoms with E-state index >= 15 is 0 Å². The number of carbonyl (C=O) groups is 1. The normalized spacial score (nSPS) is 12.7. The maximum atomic E-state index is 12.5. The molecule has 2 rings (SSSR count). The topological polar surface area (TPSA) is 88.2 Å². The smallest absolute Gasteiger partial charge is 0.252 e. The molecule has 2 aromatic rings. The van der Waals surface area contributed by atoms with Crippen molar-refractivity contribution in [3.8, 4) is 0 Å². The molecule has 7 heteroatoms. The van der Waals surface area contributed by atoms with E-state index in [-0.39, 0.29) is 16.8 Å². The molecule has 0 spiro atoms. The van der Waals surface area contributed by atoms with Crippen molar-refractivity contribution in [2.45, 2.75) is 24.8 Å². The molecule has 0 fully saturated rings. The van der Waals surface area contributed by atoms with Crippen molar-refractivity contribution in [3.05, 3.63) is 59.4 Å². The lowest BCUT2D eigenvalue weighted by atomic mass is 10.1. The minimum absolute atomic E-state index is 0.0623. The lowest BCUT2D eigenvalue weighted by Gasteiger charge is -2.15. The van der Waals surface area contributed by atoms with Gasteiger partial charge in [0.15, 0.2) is 0 Å². The Kier molecular flexibility index (Phi) is 5.12. The highest BCUT2D eigenvalue weighted by molar-refractivity contribution is 7.89. The second kappa shape index (κ2) is 6.89. The second-order valence-corrected chi connectivity index (χ2v) is 7.05. The second-order valence-electron chi connectivity index (χ2n) is 5.16. The van der Waals surface area contributed by atoms with Gasteiger partial charge in [-0.2, -0.15) is 0 Å². The first-order valence-corrected chi connectivity index (χ1v) is 8.58. The minimum atomic E-state index is -3.59. The van der Waals surface area contributed by atoms with Gasteiger partial charge in [-0.25, -0.2) is 13.1 Å². The Morgan fingerprint density at radius 3 is 2.43 bits per heavy atom. The van der Waals surface area contributed by atoms with E-state index in [1.807, 2.05) is 19.1 Å². The van der Waals surface area contributed by atoms with Crippen LogP contribution in [0.4, 0.5) is 0 Å². The van der Waals surface area contributed by atoms with E-state index in [9.17, 15) is 13.2 Å². The predicted molar refractivity (Wildman–Crippen MR) is 87.5 cm³/mol. The monoisotopic (exact) mass is 333 g/mol. The number of hydrogen-bond donors (Lipinski definition) is 2. The molecule has 122 valence electrons. The van der Waals surface area contributed by atoms with Crippen molar-refractivity contribution in [2.24, 2.45) is 0 Å². The van der Waals surface area contributed by atoms with Crippen LogP contribution in [-0.2, 0) is 10.0 Å². The summed E-state index contributed by atoms with van der Waals surface area (Å²) >= 11 is 0. The molecule has 23 heavy (non-hydrogen) atoms. The van der Waals surface area contributed by atoms with Crippen LogP contribution in [0.5, 0.6) is 0 Å². The molecule has 1 aromatic heterocycles. The highest BCUT2D eigenvalue weighted by Gasteiger charge is 2.18. The first kappa shape index (κ1) is 17.1. The summed E-state index contributed by atoms with van der Waals surface area (Å²) in [5.74, 6) is -0.319. The molecular weight excluding hydrogens is 314 g/mol. The quantitative estimate of drug-likeness (QED) is 0.873. The maximum absolute atomic E-state index is 12.5. The third-order valence-electron chi connectivity index (χ3n) is 3.59. The molecular formula is C16H19N3O3S. The fourth-order valence-electron chi connectivity index (χ4n) is 2.14. The lowest BCUT2D eigenvalue weighted by molar-refractivity contribution is 0.0939. The van der Waals surface area contributed by atoms with Crippen molar-refractivity contribution in [3.63, 3.8) is 0 Å². The number of amides is 1. The molecule has 0 aliphatic heterocycles. The molecule has 1 heterocycles. The van der Waals surface area contributed by atoms with Gasteiger partial charge < -0.3 is 5.32 Å². The van der Waals surface area contributed by atoms with Crippen LogP contribution in [0.2, 0.25) is 0 Å². The van der Waals surface area contributed by atoms with Gasteiger partial charge in [-0.15, -0.1) is 0 Å². The number of hydrogen-bond acceptors (Lipinski definition) is 4. The number of benzene rings is 1. The number of rotatable bonds is 5. The Morgan fingerprint density at radius 1 is 1.17 bits per heavy atom. The number of sulfonamides is 1. The fraction of sp³-hybridized carbons (Fsp3) is 0.250. The average molecular weight is 333 g/mol. The van der Waals surface area contributed by atoms with E-state index in [1.165, 1.54) is 19.2 Å². The zero-order valence-electron chi connectivity index (χ0n) is 13.2. The van der Waals surface area contributed by atoms with Crippen LogP contribution in [-0.4, -0.2) is 26.4 Å².